The summed E-state index contributed by atoms with van der Waals surface area (Å²) in [5.74, 6) is 0.0466. The number of benzene rings is 1. The average molecular weight is 345 g/mol. The molecular weight excluding hydrogens is 332 g/mol. The van der Waals surface area contributed by atoms with E-state index in [9.17, 15) is 9.59 Å². The summed E-state index contributed by atoms with van der Waals surface area (Å²) >= 11 is 12.3. The van der Waals surface area contributed by atoms with Gasteiger partial charge >= 0.3 is 0 Å². The van der Waals surface area contributed by atoms with Crippen LogP contribution in [0.2, 0.25) is 5.02 Å². The summed E-state index contributed by atoms with van der Waals surface area (Å²) in [7, 11) is 1.51. The molecule has 1 fully saturated rings. The Morgan fingerprint density at radius 2 is 2.29 bits per heavy atom. The second kappa shape index (κ2) is 6.64. The van der Waals surface area contributed by atoms with Gasteiger partial charge in [0, 0.05) is 5.69 Å². The monoisotopic (exact) mass is 344 g/mol. The molecule has 2 rings (SSSR count). The van der Waals surface area contributed by atoms with Crippen molar-refractivity contribution in [1.29, 1.82) is 0 Å². The van der Waals surface area contributed by atoms with Crippen molar-refractivity contribution in [3.8, 4) is 5.75 Å². The van der Waals surface area contributed by atoms with E-state index in [1.165, 1.54) is 23.8 Å². The highest BCUT2D eigenvalue weighted by atomic mass is 35.5. The average Bonchev–Trinajstić information content (AvgIpc) is 2.65. The first kappa shape index (κ1) is 16.1. The molecule has 0 spiro atoms. The molecule has 0 bridgehead atoms. The number of rotatable bonds is 4. The molecule has 1 aliphatic rings. The zero-order valence-electron chi connectivity index (χ0n) is 11.4. The maximum absolute atomic E-state index is 12.0. The predicted molar refractivity (Wildman–Crippen MR) is 88.0 cm³/mol. The fraction of sp³-hybridized carbons (Fsp3) is 0.308. The highest BCUT2D eigenvalue weighted by molar-refractivity contribution is 8.24. The van der Waals surface area contributed by atoms with E-state index in [1.807, 2.05) is 0 Å². The van der Waals surface area contributed by atoms with Gasteiger partial charge in [-0.25, -0.2) is 0 Å². The molecule has 1 aromatic carbocycles. The van der Waals surface area contributed by atoms with Gasteiger partial charge in [0.05, 0.1) is 17.4 Å². The molecular formula is C13H13ClN2O3S2. The third-order valence-corrected chi connectivity index (χ3v) is 4.63. The molecule has 1 aliphatic heterocycles. The molecule has 1 aromatic rings. The number of ether oxygens (including phenoxy) is 1. The molecule has 0 radical (unpaired) electrons. The molecule has 0 aliphatic carbocycles. The van der Waals surface area contributed by atoms with E-state index in [1.54, 1.807) is 25.1 Å². The van der Waals surface area contributed by atoms with Gasteiger partial charge in [-0.15, -0.1) is 0 Å². The van der Waals surface area contributed by atoms with E-state index in [-0.39, 0.29) is 23.6 Å². The van der Waals surface area contributed by atoms with Crippen LogP contribution in [-0.2, 0) is 9.59 Å². The fourth-order valence-corrected chi connectivity index (χ4v) is 3.46. The van der Waals surface area contributed by atoms with Gasteiger partial charge in [0.25, 0.3) is 0 Å². The van der Waals surface area contributed by atoms with Crippen molar-refractivity contribution in [2.24, 2.45) is 0 Å². The summed E-state index contributed by atoms with van der Waals surface area (Å²) in [5, 5.41) is 2.84. The number of carbonyl (C=O) groups excluding carboxylic acids is 2. The molecule has 1 unspecified atom stereocenters. The molecule has 1 N–H and O–H groups in total. The van der Waals surface area contributed by atoms with Crippen LogP contribution in [0, 0.1) is 0 Å². The number of nitrogens with zero attached hydrogens (tertiary/aromatic N) is 1. The van der Waals surface area contributed by atoms with Gasteiger partial charge in [-0.3, -0.25) is 14.5 Å². The maximum Gasteiger partial charge on any atom is 0.244 e. The van der Waals surface area contributed by atoms with Crippen LogP contribution < -0.4 is 10.1 Å². The summed E-state index contributed by atoms with van der Waals surface area (Å²) in [6.07, 6.45) is 0. The summed E-state index contributed by atoms with van der Waals surface area (Å²) in [6, 6.07) is 4.91. The quantitative estimate of drug-likeness (QED) is 0.851. The highest BCUT2D eigenvalue weighted by Crippen LogP contribution is 2.28. The minimum atomic E-state index is -0.332. The first-order valence-corrected chi connectivity index (χ1v) is 7.74. The van der Waals surface area contributed by atoms with E-state index in [2.05, 4.69) is 5.32 Å². The van der Waals surface area contributed by atoms with Crippen molar-refractivity contribution >= 4 is 57.4 Å². The van der Waals surface area contributed by atoms with Crippen molar-refractivity contribution < 1.29 is 14.3 Å². The number of nitrogens with one attached hydrogen (secondary N) is 1. The van der Waals surface area contributed by atoms with Crippen LogP contribution in [0.4, 0.5) is 5.69 Å². The zero-order chi connectivity index (χ0) is 15.6. The molecule has 5 nitrogen and oxygen atoms in total. The van der Waals surface area contributed by atoms with Crippen LogP contribution in [0.15, 0.2) is 18.2 Å². The molecule has 8 heteroatoms. The Labute approximate surface area is 137 Å². The molecule has 112 valence electrons. The summed E-state index contributed by atoms with van der Waals surface area (Å²) in [5.41, 5.74) is 0.532. The number of thioether (sulfide) groups is 1. The number of halogens is 1. The Kier molecular flexibility index (Phi) is 5.08. The van der Waals surface area contributed by atoms with E-state index in [0.29, 0.717) is 20.8 Å². The normalized spacial score (nSPS) is 18.0. The van der Waals surface area contributed by atoms with E-state index >= 15 is 0 Å². The third kappa shape index (κ3) is 3.66. The molecule has 0 saturated carbocycles. The topological polar surface area (TPSA) is 58.6 Å². The van der Waals surface area contributed by atoms with Crippen molar-refractivity contribution in [2.75, 3.05) is 19.0 Å². The summed E-state index contributed by atoms with van der Waals surface area (Å²) in [4.78, 5) is 25.1. The minimum Gasteiger partial charge on any atom is -0.495 e. The van der Waals surface area contributed by atoms with Gasteiger partial charge in [0.15, 0.2) is 0 Å². The van der Waals surface area contributed by atoms with E-state index in [0.717, 1.165) is 0 Å². The Hall–Kier alpha value is -1.31. The number of thiocarbonyl (C=S) groups is 1. The molecule has 21 heavy (non-hydrogen) atoms. The number of anilines is 1. The second-order valence-corrected chi connectivity index (χ2v) is 6.73. The first-order chi connectivity index (χ1) is 9.92. The Bertz CT molecular complexity index is 609. The number of methoxy groups -OCH3 is 1. The Balaban J connectivity index is 2.00. The Morgan fingerprint density at radius 1 is 1.57 bits per heavy atom. The van der Waals surface area contributed by atoms with Crippen LogP contribution in [0.1, 0.15) is 6.92 Å². The van der Waals surface area contributed by atoms with Crippen LogP contribution >= 0.6 is 35.6 Å². The van der Waals surface area contributed by atoms with Crippen molar-refractivity contribution in [1.82, 2.24) is 4.90 Å². The Morgan fingerprint density at radius 3 is 2.81 bits per heavy atom. The van der Waals surface area contributed by atoms with Crippen LogP contribution in [0.3, 0.4) is 0 Å². The lowest BCUT2D eigenvalue weighted by Crippen LogP contribution is -2.37. The predicted octanol–water partition coefficient (Wildman–Crippen LogP) is 2.54. The summed E-state index contributed by atoms with van der Waals surface area (Å²) in [6.45, 7) is 1.67. The number of carbonyl (C=O) groups is 2. The smallest absolute Gasteiger partial charge is 0.244 e. The van der Waals surface area contributed by atoms with Crippen LogP contribution in [0.25, 0.3) is 0 Å². The van der Waals surface area contributed by atoms with Gasteiger partial charge in [-0.05, 0) is 25.1 Å². The van der Waals surface area contributed by atoms with Crippen LogP contribution in [0.5, 0.6) is 5.75 Å². The molecule has 1 atom stereocenters. The van der Waals surface area contributed by atoms with Gasteiger partial charge in [0.1, 0.15) is 16.6 Å². The van der Waals surface area contributed by atoms with Gasteiger partial charge < -0.3 is 10.1 Å². The van der Waals surface area contributed by atoms with Crippen molar-refractivity contribution in [3.05, 3.63) is 23.2 Å². The van der Waals surface area contributed by atoms with E-state index < -0.39 is 0 Å². The van der Waals surface area contributed by atoms with Crippen LogP contribution in [-0.4, -0.2) is 39.9 Å². The third-order valence-electron chi connectivity index (χ3n) is 2.85. The second-order valence-electron chi connectivity index (χ2n) is 4.35. The molecule has 1 heterocycles. The highest BCUT2D eigenvalue weighted by Gasteiger charge is 2.34. The lowest BCUT2D eigenvalue weighted by Gasteiger charge is -2.15. The lowest BCUT2D eigenvalue weighted by molar-refractivity contribution is -0.129. The number of hydrogen-bond acceptors (Lipinski definition) is 5. The van der Waals surface area contributed by atoms with Gasteiger partial charge in [-0.1, -0.05) is 35.6 Å². The standard InChI is InChI=1S/C13H13ClN2O3S2/c1-7-12(18)16(13(20)21-7)6-11(17)15-8-3-4-10(19-2)9(14)5-8/h3-5,7H,6H2,1-2H3,(H,15,17). The number of amides is 2. The number of hydrogen-bond donors (Lipinski definition) is 1. The first-order valence-electron chi connectivity index (χ1n) is 6.07. The lowest BCUT2D eigenvalue weighted by atomic mass is 10.3. The van der Waals surface area contributed by atoms with Gasteiger partial charge in [-0.2, -0.15) is 0 Å². The van der Waals surface area contributed by atoms with Crippen molar-refractivity contribution in [2.45, 2.75) is 12.2 Å². The maximum atomic E-state index is 12.0. The SMILES string of the molecule is COc1ccc(NC(=O)CN2C(=O)C(C)SC2=S)cc1Cl. The van der Waals surface area contributed by atoms with E-state index in [4.69, 9.17) is 28.6 Å². The molecule has 1 saturated heterocycles. The molecule has 0 aromatic heterocycles. The fourth-order valence-electron chi connectivity index (χ4n) is 1.81. The zero-order valence-corrected chi connectivity index (χ0v) is 13.8. The largest absolute Gasteiger partial charge is 0.495 e. The molecule has 2 amide bonds. The van der Waals surface area contributed by atoms with Crippen molar-refractivity contribution in [3.63, 3.8) is 0 Å². The minimum absolute atomic E-state index is 0.0986. The van der Waals surface area contributed by atoms with Gasteiger partial charge in [0.2, 0.25) is 11.8 Å². The summed E-state index contributed by atoms with van der Waals surface area (Å²) < 4.78 is 5.46.